The largest absolute Gasteiger partial charge is 0.361 e. The van der Waals surface area contributed by atoms with E-state index in [0.717, 1.165) is 22.9 Å². The number of hydrogen-bond donors (Lipinski definition) is 0. The van der Waals surface area contributed by atoms with Crippen LogP contribution in [0.4, 0.5) is 4.39 Å². The molecule has 0 saturated carbocycles. The molecule has 0 fully saturated rings. The summed E-state index contributed by atoms with van der Waals surface area (Å²) >= 11 is 0. The minimum absolute atomic E-state index is 0.249. The highest BCUT2D eigenvalue weighted by Crippen LogP contribution is 2.34. The number of hydrogen-bond acceptors (Lipinski definition) is 3. The fraction of sp³-hybridized carbons (Fsp3) is 0.364. The Balaban J connectivity index is 2.08. The molecule has 0 radical (unpaired) electrons. The van der Waals surface area contributed by atoms with Gasteiger partial charge in [-0.1, -0.05) is 25.7 Å². The molecule has 3 rings (SSSR count). The van der Waals surface area contributed by atoms with E-state index in [9.17, 15) is 9.65 Å². The number of halogens is 1. The number of ether oxygens (including phenoxy) is 1. The van der Waals surface area contributed by atoms with Crippen molar-refractivity contribution >= 4 is 8.07 Å². The molecule has 0 N–H and O–H groups in total. The first-order chi connectivity index (χ1) is 13.7. The summed E-state index contributed by atoms with van der Waals surface area (Å²) in [7, 11) is 0.616. The van der Waals surface area contributed by atoms with E-state index in [2.05, 4.69) is 30.8 Å². The van der Waals surface area contributed by atoms with Crippen LogP contribution in [0, 0.1) is 24.1 Å². The van der Waals surface area contributed by atoms with Gasteiger partial charge in [0.05, 0.1) is 23.1 Å². The zero-order valence-corrected chi connectivity index (χ0v) is 18.7. The first-order valence-electron chi connectivity index (χ1n) is 9.66. The van der Waals surface area contributed by atoms with Crippen LogP contribution in [0.15, 0.2) is 36.7 Å². The molecular weight excluding hydrogens is 383 g/mol. The molecule has 0 atom stereocenters. The summed E-state index contributed by atoms with van der Waals surface area (Å²) in [5, 5.41) is 14.0. The topological polar surface area (TPSA) is 55.8 Å². The van der Waals surface area contributed by atoms with Crippen LogP contribution in [-0.2, 0) is 18.5 Å². The van der Waals surface area contributed by atoms with E-state index in [0.29, 0.717) is 23.4 Å². The van der Waals surface area contributed by atoms with Gasteiger partial charge in [0.2, 0.25) is 0 Å². The summed E-state index contributed by atoms with van der Waals surface area (Å²) in [4.78, 5) is 0. The number of nitriles is 1. The molecule has 0 amide bonds. The second-order valence-electron chi connectivity index (χ2n) is 8.57. The third-order valence-electron chi connectivity index (χ3n) is 4.81. The molecule has 7 heteroatoms. The Bertz CT molecular complexity index is 1060. The van der Waals surface area contributed by atoms with E-state index in [1.807, 2.05) is 30.8 Å². The van der Waals surface area contributed by atoms with Gasteiger partial charge in [-0.2, -0.15) is 10.4 Å². The minimum atomic E-state index is -1.22. The fourth-order valence-corrected chi connectivity index (χ4v) is 3.95. The Hall–Kier alpha value is -2.69. The fourth-order valence-electron chi connectivity index (χ4n) is 3.20. The van der Waals surface area contributed by atoms with Gasteiger partial charge in [0, 0.05) is 39.1 Å². The molecule has 1 aromatic carbocycles. The summed E-state index contributed by atoms with van der Waals surface area (Å²) < 4.78 is 24.4. The minimum Gasteiger partial charge on any atom is -0.361 e. The molecule has 5 nitrogen and oxygen atoms in total. The molecule has 0 aliphatic rings. The molecule has 0 unspecified atom stereocenters. The molecule has 0 aliphatic heterocycles. The van der Waals surface area contributed by atoms with Crippen molar-refractivity contribution in [2.45, 2.75) is 39.3 Å². The molecular formula is C22H27FN4OSi. The molecule has 0 spiro atoms. The lowest BCUT2D eigenvalue weighted by molar-refractivity contribution is 0.0895. The maximum Gasteiger partial charge on any atom is 0.132 e. The summed E-state index contributed by atoms with van der Waals surface area (Å²) in [6.07, 6.45) is 3.62. The van der Waals surface area contributed by atoms with E-state index >= 15 is 0 Å². The predicted molar refractivity (Wildman–Crippen MR) is 116 cm³/mol. The van der Waals surface area contributed by atoms with E-state index in [-0.39, 0.29) is 12.5 Å². The van der Waals surface area contributed by atoms with Crippen molar-refractivity contribution in [3.63, 3.8) is 0 Å². The van der Waals surface area contributed by atoms with Gasteiger partial charge in [-0.15, -0.1) is 0 Å². The lowest BCUT2D eigenvalue weighted by Crippen LogP contribution is -2.22. The molecule has 0 aliphatic carbocycles. The van der Waals surface area contributed by atoms with E-state index in [4.69, 9.17) is 4.74 Å². The average Bonchev–Trinajstić information content (AvgIpc) is 3.21. The highest BCUT2D eigenvalue weighted by Gasteiger charge is 2.21. The van der Waals surface area contributed by atoms with Crippen LogP contribution in [-0.4, -0.2) is 29.0 Å². The monoisotopic (exact) mass is 410 g/mol. The maximum atomic E-state index is 14.8. The first-order valence-corrected chi connectivity index (χ1v) is 13.4. The summed E-state index contributed by atoms with van der Waals surface area (Å²) in [5.74, 6) is -0.347. The normalized spacial score (nSPS) is 11.6. The Morgan fingerprint density at radius 1 is 1.24 bits per heavy atom. The van der Waals surface area contributed by atoms with Crippen LogP contribution in [0.25, 0.3) is 22.5 Å². The molecule has 29 heavy (non-hydrogen) atoms. The van der Waals surface area contributed by atoms with E-state index in [1.165, 1.54) is 6.07 Å². The second kappa shape index (κ2) is 8.35. The average molecular weight is 411 g/mol. The molecule has 3 aromatic rings. The number of aryl methyl sites for hydroxylation is 2. The number of rotatable bonds is 7. The van der Waals surface area contributed by atoms with Crippen molar-refractivity contribution < 1.29 is 9.13 Å². The zero-order chi connectivity index (χ0) is 21.2. The van der Waals surface area contributed by atoms with Crippen LogP contribution < -0.4 is 0 Å². The van der Waals surface area contributed by atoms with Gasteiger partial charge < -0.3 is 9.30 Å². The van der Waals surface area contributed by atoms with Crippen molar-refractivity contribution in [1.29, 1.82) is 5.26 Å². The maximum absolute atomic E-state index is 14.8. The lowest BCUT2D eigenvalue weighted by atomic mass is 10.1. The highest BCUT2D eigenvalue weighted by atomic mass is 28.3. The Kier molecular flexibility index (Phi) is 6.06. The third kappa shape index (κ3) is 4.84. The number of nitrogens with zero attached hydrogens (tertiary/aromatic N) is 4. The Morgan fingerprint density at radius 2 is 2.00 bits per heavy atom. The van der Waals surface area contributed by atoms with Crippen molar-refractivity contribution in [2.24, 2.45) is 7.05 Å². The summed E-state index contributed by atoms with van der Waals surface area (Å²) in [6.45, 7) is 9.63. The summed E-state index contributed by atoms with van der Waals surface area (Å²) in [6, 6.07) is 10.1. The van der Waals surface area contributed by atoms with Crippen LogP contribution in [0.2, 0.25) is 25.7 Å². The van der Waals surface area contributed by atoms with Crippen molar-refractivity contribution in [3.05, 3.63) is 53.6 Å². The smallest absolute Gasteiger partial charge is 0.132 e. The Labute approximate surface area is 172 Å². The van der Waals surface area contributed by atoms with E-state index < -0.39 is 8.07 Å². The summed E-state index contributed by atoms with van der Waals surface area (Å²) in [5.41, 5.74) is 3.84. The number of benzene rings is 1. The number of aromatic nitrogens is 3. The van der Waals surface area contributed by atoms with Gasteiger partial charge in [0.25, 0.3) is 0 Å². The second-order valence-corrected chi connectivity index (χ2v) is 14.2. The molecule has 0 saturated heterocycles. The van der Waals surface area contributed by atoms with Crippen molar-refractivity contribution in [3.8, 4) is 28.6 Å². The lowest BCUT2D eigenvalue weighted by Gasteiger charge is -2.18. The van der Waals surface area contributed by atoms with Gasteiger partial charge in [0.1, 0.15) is 18.6 Å². The van der Waals surface area contributed by atoms with Crippen LogP contribution >= 0.6 is 0 Å². The van der Waals surface area contributed by atoms with Gasteiger partial charge in [-0.25, -0.2) is 4.39 Å². The third-order valence-corrected chi connectivity index (χ3v) is 6.52. The predicted octanol–water partition coefficient (Wildman–Crippen LogP) is 5.19. The zero-order valence-electron chi connectivity index (χ0n) is 17.7. The quantitative estimate of drug-likeness (QED) is 0.398. The van der Waals surface area contributed by atoms with Crippen LogP contribution in [0.3, 0.4) is 0 Å². The van der Waals surface area contributed by atoms with E-state index in [1.54, 1.807) is 23.0 Å². The highest BCUT2D eigenvalue weighted by molar-refractivity contribution is 6.76. The molecule has 152 valence electrons. The van der Waals surface area contributed by atoms with Gasteiger partial charge in [-0.05, 0) is 36.7 Å². The standard InChI is InChI=1S/C22H27FN4OSi/c1-16-6-7-19(20(23)10-16)22-17(12-24)11-21(18-13-25-26(2)14-18)27(22)15-28-8-9-29(3,4)5/h6-7,10-11,13-14H,8-9,15H2,1-5H3. The van der Waals surface area contributed by atoms with Crippen molar-refractivity contribution in [2.75, 3.05) is 6.61 Å². The van der Waals surface area contributed by atoms with Crippen LogP contribution in [0.5, 0.6) is 0 Å². The molecule has 0 bridgehead atoms. The van der Waals surface area contributed by atoms with Crippen molar-refractivity contribution in [1.82, 2.24) is 14.3 Å². The van der Waals surface area contributed by atoms with Crippen LogP contribution in [0.1, 0.15) is 11.1 Å². The first kappa shape index (κ1) is 21.0. The Morgan fingerprint density at radius 3 is 2.59 bits per heavy atom. The van der Waals surface area contributed by atoms with Gasteiger partial charge in [-0.3, -0.25) is 4.68 Å². The SMILES string of the molecule is Cc1ccc(-c2c(C#N)cc(-c3cnn(C)c3)n2COCC[Si](C)(C)C)c(F)c1. The van der Waals surface area contributed by atoms with Gasteiger partial charge >= 0.3 is 0 Å². The molecule has 2 aromatic heterocycles. The van der Waals surface area contributed by atoms with Gasteiger partial charge in [0.15, 0.2) is 0 Å². The molecule has 2 heterocycles.